The van der Waals surface area contributed by atoms with E-state index in [1.165, 1.54) is 0 Å². The fraction of sp³-hybridized carbons (Fsp3) is 0.722. The largest absolute Gasteiger partial charge is 0.444 e. The molecule has 1 aromatic rings. The highest BCUT2D eigenvalue weighted by atomic mass is 127. The van der Waals surface area contributed by atoms with E-state index in [4.69, 9.17) is 4.74 Å². The number of guanidine groups is 1. The van der Waals surface area contributed by atoms with Gasteiger partial charge in [0.2, 0.25) is 0 Å². The SMILES string of the molecule is CCNC(=NCCc1nc(C(F)(F)F)cs1)N1CCC(NC(=O)OC(C)(C)C)C1.I. The third-order valence-corrected chi connectivity index (χ3v) is 4.88. The Hall–Kier alpha value is -1.31. The van der Waals surface area contributed by atoms with Crippen LogP contribution in [0.15, 0.2) is 10.4 Å². The molecule has 0 radical (unpaired) electrons. The van der Waals surface area contributed by atoms with Gasteiger partial charge >= 0.3 is 12.3 Å². The van der Waals surface area contributed by atoms with Crippen molar-refractivity contribution in [1.29, 1.82) is 0 Å². The van der Waals surface area contributed by atoms with Crippen molar-refractivity contribution in [2.75, 3.05) is 26.2 Å². The van der Waals surface area contributed by atoms with Gasteiger partial charge in [0.15, 0.2) is 11.7 Å². The minimum atomic E-state index is -4.42. The lowest BCUT2D eigenvalue weighted by Crippen LogP contribution is -2.44. The van der Waals surface area contributed by atoms with Crippen molar-refractivity contribution in [3.63, 3.8) is 0 Å². The predicted molar refractivity (Wildman–Crippen MR) is 122 cm³/mol. The molecule has 1 unspecified atom stereocenters. The maximum Gasteiger partial charge on any atom is 0.434 e. The third-order valence-electron chi connectivity index (χ3n) is 3.97. The summed E-state index contributed by atoms with van der Waals surface area (Å²) in [6, 6.07) is -0.0537. The zero-order valence-electron chi connectivity index (χ0n) is 17.5. The van der Waals surface area contributed by atoms with Crippen molar-refractivity contribution < 1.29 is 22.7 Å². The van der Waals surface area contributed by atoms with E-state index < -0.39 is 23.6 Å². The van der Waals surface area contributed by atoms with Crippen LogP contribution in [0.3, 0.4) is 0 Å². The number of aliphatic imine (C=N–C) groups is 1. The van der Waals surface area contributed by atoms with Crippen LogP contribution >= 0.6 is 35.3 Å². The lowest BCUT2D eigenvalue weighted by Gasteiger charge is -2.23. The van der Waals surface area contributed by atoms with Crippen molar-refractivity contribution in [2.45, 2.75) is 58.4 Å². The smallest absolute Gasteiger partial charge is 0.434 e. The Bertz CT molecular complexity index is 721. The number of carbonyl (C=O) groups excluding carboxylic acids is 1. The summed E-state index contributed by atoms with van der Waals surface area (Å²) in [6.45, 7) is 9.65. The molecule has 7 nitrogen and oxygen atoms in total. The van der Waals surface area contributed by atoms with Crippen molar-refractivity contribution in [1.82, 2.24) is 20.5 Å². The first-order valence-electron chi connectivity index (χ1n) is 9.52. The van der Waals surface area contributed by atoms with Crippen LogP contribution in [0.25, 0.3) is 0 Å². The molecule has 1 fully saturated rings. The highest BCUT2D eigenvalue weighted by Crippen LogP contribution is 2.30. The minimum Gasteiger partial charge on any atom is -0.444 e. The number of rotatable bonds is 5. The number of nitrogens with zero attached hydrogens (tertiary/aromatic N) is 3. The Morgan fingerprint density at radius 3 is 2.67 bits per heavy atom. The second kappa shape index (κ2) is 11.3. The second-order valence-corrected chi connectivity index (χ2v) is 8.63. The zero-order chi connectivity index (χ0) is 21.7. The normalized spacial score (nSPS) is 17.5. The summed E-state index contributed by atoms with van der Waals surface area (Å²) in [5, 5.41) is 7.48. The van der Waals surface area contributed by atoms with E-state index >= 15 is 0 Å². The van der Waals surface area contributed by atoms with Crippen LogP contribution in [0.5, 0.6) is 0 Å². The summed E-state index contributed by atoms with van der Waals surface area (Å²) in [7, 11) is 0. The molecular weight excluding hydrogens is 534 g/mol. The van der Waals surface area contributed by atoms with Gasteiger partial charge in [0.05, 0.1) is 11.0 Å². The Labute approximate surface area is 195 Å². The molecular formula is C18H29F3IN5O2S. The molecule has 1 atom stereocenters. The maximum atomic E-state index is 12.6. The van der Waals surface area contributed by atoms with E-state index in [1.54, 1.807) is 0 Å². The molecule has 1 amide bonds. The van der Waals surface area contributed by atoms with Gasteiger partial charge in [-0.2, -0.15) is 13.2 Å². The molecule has 0 spiro atoms. The molecule has 0 bridgehead atoms. The topological polar surface area (TPSA) is 78.9 Å². The Morgan fingerprint density at radius 1 is 1.40 bits per heavy atom. The van der Waals surface area contributed by atoms with Crippen LogP contribution in [0.1, 0.15) is 44.8 Å². The summed E-state index contributed by atoms with van der Waals surface area (Å²) in [5.74, 6) is 0.675. The maximum absolute atomic E-state index is 12.6. The molecule has 1 saturated heterocycles. The van der Waals surface area contributed by atoms with Crippen LogP contribution in [0.4, 0.5) is 18.0 Å². The van der Waals surface area contributed by atoms with Gasteiger partial charge in [0.1, 0.15) is 5.60 Å². The molecule has 12 heteroatoms. The number of carbonyl (C=O) groups is 1. The van der Waals surface area contributed by atoms with E-state index in [-0.39, 0.29) is 30.0 Å². The number of nitrogens with one attached hydrogen (secondary N) is 2. The van der Waals surface area contributed by atoms with Crippen molar-refractivity contribution in [3.8, 4) is 0 Å². The average molecular weight is 563 g/mol. The monoisotopic (exact) mass is 563 g/mol. The van der Waals surface area contributed by atoms with E-state index in [0.29, 0.717) is 43.6 Å². The lowest BCUT2D eigenvalue weighted by molar-refractivity contribution is -0.140. The Kier molecular flexibility index (Phi) is 10.1. The van der Waals surface area contributed by atoms with Gasteiger partial charge in [-0.15, -0.1) is 35.3 Å². The zero-order valence-corrected chi connectivity index (χ0v) is 20.7. The first-order valence-corrected chi connectivity index (χ1v) is 10.4. The van der Waals surface area contributed by atoms with Crippen LogP contribution in [0, 0.1) is 0 Å². The number of alkyl carbamates (subject to hydrolysis) is 1. The third kappa shape index (κ3) is 8.82. The lowest BCUT2D eigenvalue weighted by atomic mass is 10.2. The fourth-order valence-corrected chi connectivity index (χ4v) is 3.58. The number of halogens is 4. The van der Waals surface area contributed by atoms with E-state index in [9.17, 15) is 18.0 Å². The second-order valence-electron chi connectivity index (χ2n) is 7.69. The summed E-state index contributed by atoms with van der Waals surface area (Å²) in [5.41, 5.74) is -1.41. The summed E-state index contributed by atoms with van der Waals surface area (Å²) in [4.78, 5) is 22.1. The van der Waals surface area contributed by atoms with Gasteiger partial charge in [-0.3, -0.25) is 4.99 Å². The van der Waals surface area contributed by atoms with Gasteiger partial charge < -0.3 is 20.3 Å². The number of ether oxygens (including phenoxy) is 1. The Balaban J connectivity index is 0.00000450. The number of amides is 1. The van der Waals surface area contributed by atoms with Crippen LogP contribution in [-0.2, 0) is 17.3 Å². The molecule has 172 valence electrons. The highest BCUT2D eigenvalue weighted by molar-refractivity contribution is 14.0. The van der Waals surface area contributed by atoms with Crippen LogP contribution < -0.4 is 10.6 Å². The average Bonchev–Trinajstić information content (AvgIpc) is 3.21. The molecule has 2 rings (SSSR count). The van der Waals surface area contributed by atoms with Gasteiger partial charge in [0, 0.05) is 38.0 Å². The predicted octanol–water partition coefficient (Wildman–Crippen LogP) is 3.89. The molecule has 0 aromatic carbocycles. The summed E-state index contributed by atoms with van der Waals surface area (Å²) in [6.07, 6.45) is -3.78. The molecule has 30 heavy (non-hydrogen) atoms. The van der Waals surface area contributed by atoms with E-state index in [0.717, 1.165) is 23.1 Å². The molecule has 0 aliphatic carbocycles. The molecule has 2 N–H and O–H groups in total. The summed E-state index contributed by atoms with van der Waals surface area (Å²) >= 11 is 0.990. The van der Waals surface area contributed by atoms with Crippen molar-refractivity contribution in [3.05, 3.63) is 16.1 Å². The Morgan fingerprint density at radius 2 is 2.10 bits per heavy atom. The highest BCUT2D eigenvalue weighted by Gasteiger charge is 2.33. The number of aromatic nitrogens is 1. The molecule has 1 aromatic heterocycles. The summed E-state index contributed by atoms with van der Waals surface area (Å²) < 4.78 is 43.2. The van der Waals surface area contributed by atoms with Crippen LogP contribution in [0.2, 0.25) is 0 Å². The molecule has 1 aliphatic heterocycles. The van der Waals surface area contributed by atoms with Gasteiger partial charge in [-0.1, -0.05) is 0 Å². The molecule has 2 heterocycles. The number of thiazole rings is 1. The minimum absolute atomic E-state index is 0. The molecule has 1 aliphatic rings. The van der Waals surface area contributed by atoms with Gasteiger partial charge in [-0.25, -0.2) is 9.78 Å². The number of likely N-dealkylation sites (tertiary alicyclic amines) is 1. The first kappa shape index (κ1) is 26.7. The van der Waals surface area contributed by atoms with Crippen molar-refractivity contribution in [2.24, 2.45) is 4.99 Å². The van der Waals surface area contributed by atoms with Crippen molar-refractivity contribution >= 4 is 47.4 Å². The number of alkyl halides is 3. The van der Waals surface area contributed by atoms with E-state index in [1.807, 2.05) is 32.6 Å². The fourth-order valence-electron chi connectivity index (χ4n) is 2.78. The van der Waals surface area contributed by atoms with E-state index in [2.05, 4.69) is 20.6 Å². The number of hydrogen-bond acceptors (Lipinski definition) is 5. The molecule has 0 saturated carbocycles. The van der Waals surface area contributed by atoms with Gasteiger partial charge in [-0.05, 0) is 34.1 Å². The van der Waals surface area contributed by atoms with Gasteiger partial charge in [0.25, 0.3) is 0 Å². The number of hydrogen-bond donors (Lipinski definition) is 2. The first-order chi connectivity index (χ1) is 13.5. The standard InChI is InChI=1S/C18H28F3N5O2S.HI/c1-5-22-15(23-8-6-14-25-13(11-29-14)18(19,20)21)26-9-7-12(10-26)24-16(27)28-17(2,3)4;/h11-12H,5-10H2,1-4H3,(H,22,23)(H,24,27);1H. The quantitative estimate of drug-likeness (QED) is 0.323. The van der Waals surface area contributed by atoms with Crippen LogP contribution in [-0.4, -0.2) is 59.8 Å².